The average Bonchev–Trinajstić information content (AvgIpc) is 3.13. The molecule has 0 saturated carbocycles. The Morgan fingerprint density at radius 3 is 2.64 bits per heavy atom. The van der Waals surface area contributed by atoms with Gasteiger partial charge in [-0.15, -0.1) is 0 Å². The number of aromatic nitrogens is 1. The van der Waals surface area contributed by atoms with Crippen LogP contribution in [0.1, 0.15) is 17.9 Å². The minimum atomic E-state index is -3.34. The molecule has 1 aromatic heterocycles. The molecule has 28 heavy (non-hydrogen) atoms. The van der Waals surface area contributed by atoms with Crippen molar-refractivity contribution in [3.8, 4) is 11.3 Å². The van der Waals surface area contributed by atoms with Crippen LogP contribution in [-0.2, 0) is 27.8 Å². The fraction of sp³-hybridized carbons (Fsp3) is 0.200. The van der Waals surface area contributed by atoms with Crippen LogP contribution in [0.5, 0.6) is 0 Å². The Bertz CT molecular complexity index is 1050. The summed E-state index contributed by atoms with van der Waals surface area (Å²) in [5.74, 6) is 1.04. The molecule has 0 unspecified atom stereocenters. The molecule has 1 amide bonds. The molecule has 0 radical (unpaired) electrons. The zero-order valence-electron chi connectivity index (χ0n) is 15.4. The molecule has 0 saturated heterocycles. The molecular formula is C20H21N3O4S. The van der Waals surface area contributed by atoms with E-state index in [1.165, 1.54) is 0 Å². The molecule has 7 nitrogen and oxygen atoms in total. The van der Waals surface area contributed by atoms with Crippen LogP contribution in [0, 0.1) is 0 Å². The van der Waals surface area contributed by atoms with Gasteiger partial charge in [-0.2, -0.15) is 0 Å². The fourth-order valence-electron chi connectivity index (χ4n) is 2.63. The number of nitrogens with zero attached hydrogens (tertiary/aromatic N) is 1. The smallest absolute Gasteiger partial charge is 0.229 e. The number of aryl methyl sites for hydroxylation is 1. The second kappa shape index (κ2) is 8.71. The maximum atomic E-state index is 12.1. The number of oxazole rings is 1. The number of hydrogen-bond donors (Lipinski definition) is 2. The van der Waals surface area contributed by atoms with Gasteiger partial charge in [-0.25, -0.2) is 13.4 Å². The van der Waals surface area contributed by atoms with Crippen LogP contribution in [-0.4, -0.2) is 25.6 Å². The number of anilines is 1. The predicted octanol–water partition coefficient (Wildman–Crippen LogP) is 2.96. The van der Waals surface area contributed by atoms with E-state index in [9.17, 15) is 13.2 Å². The van der Waals surface area contributed by atoms with Gasteiger partial charge in [0.25, 0.3) is 0 Å². The maximum Gasteiger partial charge on any atom is 0.229 e. The highest BCUT2D eigenvalue weighted by Crippen LogP contribution is 2.20. The summed E-state index contributed by atoms with van der Waals surface area (Å²) in [4.78, 5) is 16.3. The number of amides is 1. The van der Waals surface area contributed by atoms with Crippen LogP contribution < -0.4 is 10.0 Å². The summed E-state index contributed by atoms with van der Waals surface area (Å²) in [5.41, 5.74) is 2.19. The van der Waals surface area contributed by atoms with E-state index in [4.69, 9.17) is 4.42 Å². The van der Waals surface area contributed by atoms with Crippen molar-refractivity contribution >= 4 is 21.6 Å². The summed E-state index contributed by atoms with van der Waals surface area (Å²) >= 11 is 0. The van der Waals surface area contributed by atoms with E-state index in [2.05, 4.69) is 15.0 Å². The Morgan fingerprint density at radius 2 is 1.89 bits per heavy atom. The van der Waals surface area contributed by atoms with Crippen molar-refractivity contribution in [3.05, 3.63) is 72.2 Å². The highest BCUT2D eigenvalue weighted by molar-refractivity contribution is 7.92. The molecule has 0 fully saturated rings. The highest BCUT2D eigenvalue weighted by atomic mass is 32.2. The van der Waals surface area contributed by atoms with Gasteiger partial charge in [-0.1, -0.05) is 42.5 Å². The standard InChI is InChI=1S/C20H21N3O4S/c1-28(25,26)23-17-9-5-6-15(12-17)13-21-19(24)10-11-20-22-14-18(27-20)16-7-3-2-4-8-16/h2-9,12,14,23H,10-11,13H2,1H3,(H,21,24). The summed E-state index contributed by atoms with van der Waals surface area (Å²) in [7, 11) is -3.34. The van der Waals surface area contributed by atoms with Crippen molar-refractivity contribution < 1.29 is 17.6 Å². The summed E-state index contributed by atoms with van der Waals surface area (Å²) in [6, 6.07) is 16.5. The molecule has 0 aliphatic rings. The largest absolute Gasteiger partial charge is 0.441 e. The molecule has 0 aliphatic carbocycles. The van der Waals surface area contributed by atoms with Crippen LogP contribution in [0.25, 0.3) is 11.3 Å². The van der Waals surface area contributed by atoms with Gasteiger partial charge in [-0.05, 0) is 17.7 Å². The zero-order chi connectivity index (χ0) is 20.0. The van der Waals surface area contributed by atoms with Gasteiger partial charge in [0, 0.05) is 30.6 Å². The summed E-state index contributed by atoms with van der Waals surface area (Å²) in [6.45, 7) is 0.305. The van der Waals surface area contributed by atoms with Crippen LogP contribution in [0.4, 0.5) is 5.69 Å². The van der Waals surface area contributed by atoms with Crippen molar-refractivity contribution in [2.75, 3.05) is 11.0 Å². The number of carbonyl (C=O) groups is 1. The van der Waals surface area contributed by atoms with E-state index in [0.29, 0.717) is 30.3 Å². The molecule has 0 aliphatic heterocycles. The number of hydrogen-bond acceptors (Lipinski definition) is 5. The maximum absolute atomic E-state index is 12.1. The third-order valence-corrected chi connectivity index (χ3v) is 4.50. The molecule has 2 N–H and O–H groups in total. The number of sulfonamides is 1. The molecule has 146 valence electrons. The number of benzene rings is 2. The molecule has 3 aromatic rings. The van der Waals surface area contributed by atoms with E-state index in [-0.39, 0.29) is 12.3 Å². The van der Waals surface area contributed by atoms with Gasteiger partial charge < -0.3 is 9.73 Å². The van der Waals surface area contributed by atoms with Crippen molar-refractivity contribution in [2.45, 2.75) is 19.4 Å². The van der Waals surface area contributed by atoms with Crippen LogP contribution in [0.3, 0.4) is 0 Å². The van der Waals surface area contributed by atoms with E-state index in [1.54, 1.807) is 24.4 Å². The molecule has 2 aromatic carbocycles. The zero-order valence-corrected chi connectivity index (χ0v) is 16.2. The van der Waals surface area contributed by atoms with E-state index in [0.717, 1.165) is 17.4 Å². The van der Waals surface area contributed by atoms with Crippen LogP contribution in [0.2, 0.25) is 0 Å². The summed E-state index contributed by atoms with van der Waals surface area (Å²) in [6.07, 6.45) is 3.39. The normalized spacial score (nSPS) is 11.2. The SMILES string of the molecule is CS(=O)(=O)Nc1cccc(CNC(=O)CCc2ncc(-c3ccccc3)o2)c1. The summed E-state index contributed by atoms with van der Waals surface area (Å²) in [5, 5.41) is 2.81. The fourth-order valence-corrected chi connectivity index (χ4v) is 3.19. The third kappa shape index (κ3) is 5.95. The Morgan fingerprint density at radius 1 is 1.11 bits per heavy atom. The van der Waals surface area contributed by atoms with Gasteiger partial charge >= 0.3 is 0 Å². The van der Waals surface area contributed by atoms with Crippen LogP contribution in [0.15, 0.2) is 65.2 Å². The first-order valence-corrected chi connectivity index (χ1v) is 10.6. The van der Waals surface area contributed by atoms with Crippen molar-refractivity contribution in [1.82, 2.24) is 10.3 Å². The number of rotatable bonds is 8. The van der Waals surface area contributed by atoms with Crippen molar-refractivity contribution in [3.63, 3.8) is 0 Å². The lowest BCUT2D eigenvalue weighted by molar-refractivity contribution is -0.121. The topological polar surface area (TPSA) is 101 Å². The molecule has 0 bridgehead atoms. The first kappa shape index (κ1) is 19.6. The van der Waals surface area contributed by atoms with E-state index in [1.807, 2.05) is 36.4 Å². The van der Waals surface area contributed by atoms with Gasteiger partial charge in [0.1, 0.15) is 0 Å². The van der Waals surface area contributed by atoms with E-state index >= 15 is 0 Å². The minimum Gasteiger partial charge on any atom is -0.441 e. The monoisotopic (exact) mass is 399 g/mol. The molecule has 0 spiro atoms. The average molecular weight is 399 g/mol. The van der Waals surface area contributed by atoms with Crippen LogP contribution >= 0.6 is 0 Å². The molecule has 3 rings (SSSR count). The van der Waals surface area contributed by atoms with Crippen molar-refractivity contribution in [2.24, 2.45) is 0 Å². The molecule has 0 atom stereocenters. The third-order valence-electron chi connectivity index (χ3n) is 3.90. The highest BCUT2D eigenvalue weighted by Gasteiger charge is 2.09. The Hall–Kier alpha value is -3.13. The van der Waals surface area contributed by atoms with Gasteiger partial charge in [0.2, 0.25) is 15.9 Å². The molecule has 8 heteroatoms. The lowest BCUT2D eigenvalue weighted by atomic mass is 10.2. The predicted molar refractivity (Wildman–Crippen MR) is 107 cm³/mol. The number of carbonyl (C=O) groups excluding carboxylic acids is 1. The first-order valence-electron chi connectivity index (χ1n) is 8.72. The second-order valence-electron chi connectivity index (χ2n) is 6.34. The number of nitrogens with one attached hydrogen (secondary N) is 2. The Kier molecular flexibility index (Phi) is 6.10. The minimum absolute atomic E-state index is 0.138. The van der Waals surface area contributed by atoms with Gasteiger partial charge in [0.15, 0.2) is 11.7 Å². The van der Waals surface area contributed by atoms with Gasteiger partial charge in [0.05, 0.1) is 12.5 Å². The second-order valence-corrected chi connectivity index (χ2v) is 8.08. The van der Waals surface area contributed by atoms with E-state index < -0.39 is 10.0 Å². The Balaban J connectivity index is 1.49. The summed E-state index contributed by atoms with van der Waals surface area (Å²) < 4.78 is 30.7. The lowest BCUT2D eigenvalue weighted by Gasteiger charge is -2.08. The Labute approximate surface area is 163 Å². The molecule has 1 heterocycles. The van der Waals surface area contributed by atoms with Crippen molar-refractivity contribution in [1.29, 1.82) is 0 Å². The van der Waals surface area contributed by atoms with Gasteiger partial charge in [-0.3, -0.25) is 9.52 Å². The molecular weight excluding hydrogens is 378 g/mol. The lowest BCUT2D eigenvalue weighted by Crippen LogP contribution is -2.23. The first-order chi connectivity index (χ1) is 13.4. The quantitative estimate of drug-likeness (QED) is 0.606.